The van der Waals surface area contributed by atoms with Crippen LogP contribution in [0, 0.1) is 13.8 Å². The van der Waals surface area contributed by atoms with E-state index in [1.54, 1.807) is 19.9 Å². The van der Waals surface area contributed by atoms with Crippen LogP contribution in [-0.4, -0.2) is 21.8 Å². The van der Waals surface area contributed by atoms with Gasteiger partial charge in [-0.25, -0.2) is 9.38 Å². The van der Waals surface area contributed by atoms with Crippen molar-refractivity contribution in [2.75, 3.05) is 6.54 Å². The third-order valence-corrected chi connectivity index (χ3v) is 5.54. The first kappa shape index (κ1) is 19.0. The Hall–Kier alpha value is -2.74. The first-order chi connectivity index (χ1) is 12.9. The third kappa shape index (κ3) is 3.32. The largest absolute Gasteiger partial charge is 0.351 e. The molecule has 27 heavy (non-hydrogen) atoms. The van der Waals surface area contributed by atoms with E-state index >= 15 is 0 Å². The van der Waals surface area contributed by atoms with Crippen LogP contribution in [0.2, 0.25) is 0 Å². The molecule has 0 saturated carbocycles. The number of aryl methyl sites for hydroxylation is 1. The fraction of sp³-hybridized carbons (Fsp3) is 0.316. The number of hydrogen-bond acceptors (Lipinski definition) is 5. The number of hydrogen-bond donors (Lipinski definition) is 1. The number of nitrogens with zero attached hydrogens (tertiary/aromatic N) is 2. The summed E-state index contributed by atoms with van der Waals surface area (Å²) in [4.78, 5) is 34.7. The van der Waals surface area contributed by atoms with E-state index < -0.39 is 0 Å². The van der Waals surface area contributed by atoms with Crippen LogP contribution in [0.15, 0.2) is 29.1 Å². The molecule has 6 nitrogen and oxygen atoms in total. The van der Waals surface area contributed by atoms with Crippen LogP contribution in [0.5, 0.6) is 5.75 Å². The van der Waals surface area contributed by atoms with Crippen molar-refractivity contribution in [2.45, 2.75) is 33.6 Å². The maximum atomic E-state index is 12.8. The lowest BCUT2D eigenvalue weighted by Gasteiger charge is -2.15. The van der Waals surface area contributed by atoms with Gasteiger partial charge in [-0.2, -0.15) is 0 Å². The Labute approximate surface area is 159 Å². The number of carbonyl (C=O) groups is 1. The zero-order chi connectivity index (χ0) is 19.7. The quantitative estimate of drug-likeness (QED) is 0.724. The van der Waals surface area contributed by atoms with Crippen molar-refractivity contribution in [3.05, 3.63) is 62.0 Å². The molecule has 8 heteroatoms. The SMILES string of the molecule is CCNC(=O)c1c(C)sc2nc(C(C)c3cccc(OF)c3C)cc(=O)n12. The number of rotatable bonds is 5. The second-order valence-corrected chi connectivity index (χ2v) is 7.45. The molecule has 1 unspecified atom stereocenters. The molecule has 0 spiro atoms. The van der Waals surface area contributed by atoms with Crippen molar-refractivity contribution < 1.29 is 14.3 Å². The second-order valence-electron chi connectivity index (χ2n) is 6.27. The molecular formula is C19H20FN3O3S. The van der Waals surface area contributed by atoms with Crippen LogP contribution < -0.4 is 15.8 Å². The first-order valence-corrected chi connectivity index (χ1v) is 9.40. The highest BCUT2D eigenvalue weighted by Gasteiger charge is 2.21. The molecule has 0 radical (unpaired) electrons. The molecule has 1 atom stereocenters. The van der Waals surface area contributed by atoms with E-state index in [2.05, 4.69) is 15.2 Å². The predicted octanol–water partition coefficient (Wildman–Crippen LogP) is 3.54. The van der Waals surface area contributed by atoms with Crippen LogP contribution in [0.3, 0.4) is 0 Å². The lowest BCUT2D eigenvalue weighted by Crippen LogP contribution is -2.28. The van der Waals surface area contributed by atoms with Gasteiger partial charge in [0.25, 0.3) is 11.5 Å². The number of thiazole rings is 1. The molecule has 0 fully saturated rings. The molecule has 0 bridgehead atoms. The molecule has 0 saturated heterocycles. The van der Waals surface area contributed by atoms with E-state index in [1.165, 1.54) is 27.9 Å². The van der Waals surface area contributed by atoms with Gasteiger partial charge in [0, 0.05) is 27.9 Å². The number of carbonyl (C=O) groups excluding carboxylic acids is 1. The highest BCUT2D eigenvalue weighted by atomic mass is 32.1. The molecule has 3 rings (SSSR count). The van der Waals surface area contributed by atoms with Gasteiger partial charge in [-0.05, 0) is 38.0 Å². The van der Waals surface area contributed by atoms with Gasteiger partial charge >= 0.3 is 0 Å². The van der Waals surface area contributed by atoms with Gasteiger partial charge in [-0.15, -0.1) is 11.3 Å². The van der Waals surface area contributed by atoms with Gasteiger partial charge in [0.15, 0.2) is 10.7 Å². The molecule has 1 amide bonds. The lowest BCUT2D eigenvalue weighted by molar-refractivity contribution is -0.00712. The number of nitrogens with one attached hydrogen (secondary N) is 1. The molecule has 0 aliphatic heterocycles. The summed E-state index contributed by atoms with van der Waals surface area (Å²) < 4.78 is 14.0. The number of amides is 1. The van der Waals surface area contributed by atoms with Crippen LogP contribution in [0.1, 0.15) is 52.0 Å². The van der Waals surface area contributed by atoms with E-state index in [0.29, 0.717) is 28.5 Å². The maximum absolute atomic E-state index is 12.8. The highest BCUT2D eigenvalue weighted by molar-refractivity contribution is 7.17. The van der Waals surface area contributed by atoms with E-state index in [4.69, 9.17) is 0 Å². The molecule has 0 aliphatic rings. The van der Waals surface area contributed by atoms with Crippen LogP contribution in [0.4, 0.5) is 4.53 Å². The molecule has 0 aliphatic carbocycles. The molecule has 3 aromatic rings. The Kier molecular flexibility index (Phi) is 5.27. The average Bonchev–Trinajstić information content (AvgIpc) is 2.98. The van der Waals surface area contributed by atoms with Crippen molar-refractivity contribution >= 4 is 22.2 Å². The number of halogens is 1. The molecule has 142 valence electrons. The Morgan fingerprint density at radius 1 is 1.41 bits per heavy atom. The Balaban J connectivity index is 2.13. The predicted molar refractivity (Wildman–Crippen MR) is 103 cm³/mol. The highest BCUT2D eigenvalue weighted by Crippen LogP contribution is 2.31. The minimum Gasteiger partial charge on any atom is -0.351 e. The van der Waals surface area contributed by atoms with E-state index in [-0.39, 0.29) is 23.1 Å². The molecule has 2 aromatic heterocycles. The first-order valence-electron chi connectivity index (χ1n) is 8.58. The monoisotopic (exact) mass is 389 g/mol. The summed E-state index contributed by atoms with van der Waals surface area (Å²) in [5.41, 5.74) is 2.03. The topological polar surface area (TPSA) is 72.7 Å². The summed E-state index contributed by atoms with van der Waals surface area (Å²) >= 11 is 1.29. The number of fused-ring (bicyclic) bond motifs is 1. The summed E-state index contributed by atoms with van der Waals surface area (Å²) in [7, 11) is 0. The van der Waals surface area contributed by atoms with Gasteiger partial charge in [-0.1, -0.05) is 19.1 Å². The fourth-order valence-electron chi connectivity index (χ4n) is 3.17. The van der Waals surface area contributed by atoms with Crippen molar-refractivity contribution in [1.29, 1.82) is 0 Å². The summed E-state index contributed by atoms with van der Waals surface area (Å²) in [5.74, 6) is -0.398. The van der Waals surface area contributed by atoms with Gasteiger partial charge in [-0.3, -0.25) is 14.5 Å². The summed E-state index contributed by atoms with van der Waals surface area (Å²) in [6, 6.07) is 6.51. The van der Waals surface area contributed by atoms with Crippen molar-refractivity contribution in [1.82, 2.24) is 14.7 Å². The van der Waals surface area contributed by atoms with Crippen molar-refractivity contribution in [2.24, 2.45) is 0 Å². The van der Waals surface area contributed by atoms with Gasteiger partial charge in [0.2, 0.25) is 0 Å². The summed E-state index contributed by atoms with van der Waals surface area (Å²) in [5, 5.41) is 2.72. The zero-order valence-corrected chi connectivity index (χ0v) is 16.3. The summed E-state index contributed by atoms with van der Waals surface area (Å²) in [6.07, 6.45) is 0. The Bertz CT molecular complexity index is 1070. The van der Waals surface area contributed by atoms with Gasteiger partial charge in [0.1, 0.15) is 5.69 Å². The average molecular weight is 389 g/mol. The fourth-order valence-corrected chi connectivity index (χ4v) is 4.14. The number of benzene rings is 1. The zero-order valence-electron chi connectivity index (χ0n) is 15.5. The standard InChI is InChI=1S/C19H20FN3O3S/c1-5-21-18(25)17-12(4)27-19-22-14(9-16(24)23(17)19)10(2)13-7-6-8-15(26-20)11(13)3/h6-10H,5H2,1-4H3,(H,21,25). The van der Waals surface area contributed by atoms with E-state index in [1.807, 2.05) is 19.9 Å². The molecule has 1 N–H and O–H groups in total. The second kappa shape index (κ2) is 7.48. The normalized spacial score (nSPS) is 12.2. The molecular weight excluding hydrogens is 369 g/mol. The maximum Gasteiger partial charge on any atom is 0.269 e. The molecule has 2 heterocycles. The Morgan fingerprint density at radius 2 is 2.15 bits per heavy atom. The van der Waals surface area contributed by atoms with Crippen LogP contribution in [-0.2, 0) is 0 Å². The van der Waals surface area contributed by atoms with E-state index in [9.17, 15) is 14.1 Å². The van der Waals surface area contributed by atoms with Gasteiger partial charge in [0.05, 0.1) is 5.69 Å². The smallest absolute Gasteiger partial charge is 0.269 e. The number of aromatic nitrogens is 2. The third-order valence-electron chi connectivity index (χ3n) is 4.58. The minimum atomic E-state index is -0.317. The summed E-state index contributed by atoms with van der Waals surface area (Å²) in [6.45, 7) is 7.74. The van der Waals surface area contributed by atoms with Crippen LogP contribution in [0.25, 0.3) is 4.96 Å². The van der Waals surface area contributed by atoms with E-state index in [0.717, 1.165) is 10.4 Å². The van der Waals surface area contributed by atoms with Crippen LogP contribution >= 0.6 is 11.3 Å². The minimum absolute atomic E-state index is 0.141. The lowest BCUT2D eigenvalue weighted by atomic mass is 9.93. The van der Waals surface area contributed by atoms with Gasteiger partial charge < -0.3 is 5.32 Å². The Morgan fingerprint density at radius 3 is 2.81 bits per heavy atom. The van der Waals surface area contributed by atoms with Crippen molar-refractivity contribution in [3.8, 4) is 5.75 Å². The van der Waals surface area contributed by atoms with Crippen molar-refractivity contribution in [3.63, 3.8) is 0 Å². The molecule has 1 aromatic carbocycles.